The molecule has 0 fully saturated rings. The first kappa shape index (κ1) is 29.4. The fourth-order valence-corrected chi connectivity index (χ4v) is 5.04. The van der Waals surface area contributed by atoms with E-state index in [-0.39, 0.29) is 30.8 Å². The summed E-state index contributed by atoms with van der Waals surface area (Å²) in [5, 5.41) is 2.97. The predicted octanol–water partition coefficient (Wildman–Crippen LogP) is 4.49. The Hall–Kier alpha value is -2.87. The summed E-state index contributed by atoms with van der Waals surface area (Å²) in [6.45, 7) is 11.9. The van der Waals surface area contributed by atoms with Crippen LogP contribution in [0.5, 0.6) is 0 Å². The van der Waals surface area contributed by atoms with Crippen LogP contribution in [0, 0.1) is 20.8 Å². The lowest BCUT2D eigenvalue weighted by atomic mass is 10.1. The Balaban J connectivity index is 2.21. The van der Waals surface area contributed by atoms with Crippen LogP contribution in [0.3, 0.4) is 0 Å². The topological polar surface area (TPSA) is 86.8 Å². The highest BCUT2D eigenvalue weighted by Crippen LogP contribution is 2.24. The van der Waals surface area contributed by atoms with Gasteiger partial charge in [-0.15, -0.1) is 0 Å². The number of amides is 2. The van der Waals surface area contributed by atoms with Crippen molar-refractivity contribution >= 4 is 27.5 Å². The quantitative estimate of drug-likeness (QED) is 0.451. The van der Waals surface area contributed by atoms with E-state index in [1.807, 2.05) is 77.1 Å². The van der Waals surface area contributed by atoms with Crippen LogP contribution in [0.2, 0.25) is 0 Å². The van der Waals surface area contributed by atoms with E-state index < -0.39 is 16.1 Å². The molecule has 0 heterocycles. The zero-order valence-corrected chi connectivity index (χ0v) is 23.5. The summed E-state index contributed by atoms with van der Waals surface area (Å²) in [6, 6.07) is 12.9. The van der Waals surface area contributed by atoms with Crippen molar-refractivity contribution in [3.8, 4) is 0 Å². The summed E-state index contributed by atoms with van der Waals surface area (Å²) in [4.78, 5) is 27.9. The third kappa shape index (κ3) is 8.36. The molecule has 2 aromatic carbocycles. The van der Waals surface area contributed by atoms with Crippen LogP contribution < -0.4 is 9.62 Å². The molecule has 0 aliphatic heterocycles. The highest BCUT2D eigenvalue weighted by Gasteiger charge is 2.27. The number of hydrogen-bond acceptors (Lipinski definition) is 4. The average Bonchev–Trinajstić information content (AvgIpc) is 2.80. The van der Waals surface area contributed by atoms with E-state index in [9.17, 15) is 18.0 Å². The van der Waals surface area contributed by atoms with Gasteiger partial charge in [-0.05, 0) is 70.2 Å². The van der Waals surface area contributed by atoms with E-state index in [1.54, 1.807) is 11.8 Å². The predicted molar refractivity (Wildman–Crippen MR) is 146 cm³/mol. The van der Waals surface area contributed by atoms with Gasteiger partial charge < -0.3 is 10.2 Å². The van der Waals surface area contributed by atoms with Crippen molar-refractivity contribution in [3.05, 3.63) is 64.7 Å². The summed E-state index contributed by atoms with van der Waals surface area (Å²) in [5.74, 6) is -0.378. The van der Waals surface area contributed by atoms with Gasteiger partial charge in [0.15, 0.2) is 0 Å². The molecule has 198 valence electrons. The van der Waals surface area contributed by atoms with Gasteiger partial charge in [0.05, 0.1) is 11.9 Å². The number of sulfonamides is 1. The average molecular weight is 516 g/mol. The van der Waals surface area contributed by atoms with Crippen molar-refractivity contribution in [2.24, 2.45) is 0 Å². The standard InChI is InChI=1S/C28H41N3O4S/c1-8-23(5)29-28(33)24(6)30(19-25-12-9-11-20(2)17-25)27(32)13-10-16-31(36(7,34)35)26-18-21(3)14-15-22(26)4/h9,11-12,14-15,17-18,23-24H,8,10,13,16,19H2,1-7H3,(H,29,33)/t23-,24+/m0/s1. The van der Waals surface area contributed by atoms with Crippen molar-refractivity contribution in [1.29, 1.82) is 0 Å². The second-order valence-corrected chi connectivity index (χ2v) is 11.6. The van der Waals surface area contributed by atoms with Crippen LogP contribution in [-0.4, -0.2) is 50.0 Å². The molecule has 0 unspecified atom stereocenters. The van der Waals surface area contributed by atoms with Gasteiger partial charge >= 0.3 is 0 Å². The maximum Gasteiger partial charge on any atom is 0.242 e. The van der Waals surface area contributed by atoms with E-state index in [0.29, 0.717) is 18.7 Å². The number of nitrogens with zero attached hydrogens (tertiary/aromatic N) is 2. The molecule has 0 spiro atoms. The van der Waals surface area contributed by atoms with Crippen LogP contribution in [0.15, 0.2) is 42.5 Å². The van der Waals surface area contributed by atoms with Gasteiger partial charge in [-0.25, -0.2) is 8.42 Å². The summed E-state index contributed by atoms with van der Waals surface area (Å²) in [6.07, 6.45) is 2.44. The first-order chi connectivity index (χ1) is 16.8. The highest BCUT2D eigenvalue weighted by molar-refractivity contribution is 7.92. The minimum absolute atomic E-state index is 0.0109. The summed E-state index contributed by atoms with van der Waals surface area (Å²) in [7, 11) is -3.53. The molecule has 0 radical (unpaired) electrons. The van der Waals surface area contributed by atoms with Gasteiger partial charge in [-0.3, -0.25) is 13.9 Å². The van der Waals surface area contributed by atoms with Crippen molar-refractivity contribution in [2.75, 3.05) is 17.1 Å². The normalized spacial score (nSPS) is 13.1. The van der Waals surface area contributed by atoms with E-state index >= 15 is 0 Å². The summed E-state index contributed by atoms with van der Waals surface area (Å²) >= 11 is 0. The third-order valence-electron chi connectivity index (χ3n) is 6.39. The molecule has 0 saturated heterocycles. The molecule has 8 heteroatoms. The lowest BCUT2D eigenvalue weighted by Gasteiger charge is -2.30. The molecule has 0 aliphatic rings. The van der Waals surface area contributed by atoms with Gasteiger partial charge in [-0.1, -0.05) is 48.9 Å². The van der Waals surface area contributed by atoms with Crippen molar-refractivity contribution < 1.29 is 18.0 Å². The largest absolute Gasteiger partial charge is 0.352 e. The smallest absolute Gasteiger partial charge is 0.242 e. The van der Waals surface area contributed by atoms with E-state index in [4.69, 9.17) is 0 Å². The molecule has 0 saturated carbocycles. The first-order valence-electron chi connectivity index (χ1n) is 12.5. The first-order valence-corrected chi connectivity index (χ1v) is 14.4. The lowest BCUT2D eigenvalue weighted by Crippen LogP contribution is -2.49. The van der Waals surface area contributed by atoms with Crippen molar-refractivity contribution in [1.82, 2.24) is 10.2 Å². The maximum absolute atomic E-state index is 13.4. The SMILES string of the molecule is CC[C@H](C)NC(=O)[C@@H](C)N(Cc1cccc(C)c1)C(=O)CCCN(c1cc(C)ccc1C)S(C)(=O)=O. The van der Waals surface area contributed by atoms with Crippen LogP contribution >= 0.6 is 0 Å². The maximum atomic E-state index is 13.4. The van der Waals surface area contributed by atoms with Gasteiger partial charge in [0.1, 0.15) is 6.04 Å². The summed E-state index contributed by atoms with van der Waals surface area (Å²) < 4.78 is 26.5. The zero-order valence-electron chi connectivity index (χ0n) is 22.7. The van der Waals surface area contributed by atoms with Gasteiger partial charge in [0.25, 0.3) is 0 Å². The van der Waals surface area contributed by atoms with Gasteiger partial charge in [0.2, 0.25) is 21.8 Å². The Bertz CT molecular complexity index is 1160. The molecular weight excluding hydrogens is 474 g/mol. The Morgan fingerprint density at radius 2 is 1.67 bits per heavy atom. The molecule has 0 bridgehead atoms. The number of aryl methyl sites for hydroxylation is 3. The van der Waals surface area contributed by atoms with E-state index in [1.165, 1.54) is 10.6 Å². The number of rotatable bonds is 12. The number of anilines is 1. The van der Waals surface area contributed by atoms with E-state index in [2.05, 4.69) is 5.32 Å². The van der Waals surface area contributed by atoms with Crippen LogP contribution in [-0.2, 0) is 26.2 Å². The fourth-order valence-electron chi connectivity index (χ4n) is 4.03. The van der Waals surface area contributed by atoms with Crippen molar-refractivity contribution in [2.45, 2.75) is 79.4 Å². The molecule has 2 atom stereocenters. The highest BCUT2D eigenvalue weighted by atomic mass is 32.2. The van der Waals surface area contributed by atoms with Crippen LogP contribution in [0.4, 0.5) is 5.69 Å². The van der Waals surface area contributed by atoms with Crippen LogP contribution in [0.25, 0.3) is 0 Å². The number of benzene rings is 2. The van der Waals surface area contributed by atoms with E-state index in [0.717, 1.165) is 28.7 Å². The Labute approximate surface area is 216 Å². The number of carbonyl (C=O) groups is 2. The second kappa shape index (κ2) is 12.9. The Morgan fingerprint density at radius 1 is 1.00 bits per heavy atom. The minimum Gasteiger partial charge on any atom is -0.352 e. The molecule has 2 aromatic rings. The molecule has 2 rings (SSSR count). The minimum atomic E-state index is -3.53. The number of nitrogens with one attached hydrogen (secondary N) is 1. The van der Waals surface area contributed by atoms with Crippen molar-refractivity contribution in [3.63, 3.8) is 0 Å². The molecule has 1 N–H and O–H groups in total. The molecule has 7 nitrogen and oxygen atoms in total. The fraction of sp³-hybridized carbons (Fsp3) is 0.500. The number of hydrogen-bond donors (Lipinski definition) is 1. The second-order valence-electron chi connectivity index (χ2n) is 9.73. The van der Waals surface area contributed by atoms with Crippen LogP contribution in [0.1, 0.15) is 62.3 Å². The monoisotopic (exact) mass is 515 g/mol. The molecule has 2 amide bonds. The summed E-state index contributed by atoms with van der Waals surface area (Å²) in [5.41, 5.74) is 4.47. The molecular formula is C28H41N3O4S. The van der Waals surface area contributed by atoms with Gasteiger partial charge in [0, 0.05) is 25.6 Å². The van der Waals surface area contributed by atoms with Gasteiger partial charge in [-0.2, -0.15) is 0 Å². The Morgan fingerprint density at radius 3 is 2.28 bits per heavy atom. The zero-order chi connectivity index (χ0) is 27.0. The third-order valence-corrected chi connectivity index (χ3v) is 7.57. The number of carbonyl (C=O) groups excluding carboxylic acids is 2. The molecule has 0 aromatic heterocycles. The Kier molecular flexibility index (Phi) is 10.5. The molecule has 0 aliphatic carbocycles. The molecule has 36 heavy (non-hydrogen) atoms. The lowest BCUT2D eigenvalue weighted by molar-refractivity contribution is -0.140.